The first-order valence-corrected chi connectivity index (χ1v) is 6.82. The van der Waals surface area contributed by atoms with Crippen molar-refractivity contribution < 1.29 is 4.79 Å². The standard InChI is InChI=1S/C13H24N2O/c14-10-11-6-5-7-12(11)13(16)15-8-3-1-2-4-9-15/h11-12H,1-10,14H2. The van der Waals surface area contributed by atoms with Crippen LogP contribution in [0.2, 0.25) is 0 Å². The molecule has 0 aromatic carbocycles. The molecule has 3 heteroatoms. The highest BCUT2D eigenvalue weighted by Crippen LogP contribution is 2.32. The molecule has 2 N–H and O–H groups in total. The van der Waals surface area contributed by atoms with Crippen LogP contribution < -0.4 is 5.73 Å². The number of amides is 1. The van der Waals surface area contributed by atoms with Gasteiger partial charge in [-0.3, -0.25) is 4.79 Å². The molecule has 3 nitrogen and oxygen atoms in total. The first-order chi connectivity index (χ1) is 7.83. The Balaban J connectivity index is 1.94. The minimum absolute atomic E-state index is 0.239. The molecular formula is C13H24N2O. The van der Waals surface area contributed by atoms with Crippen LogP contribution in [0, 0.1) is 11.8 Å². The summed E-state index contributed by atoms with van der Waals surface area (Å²) in [5.41, 5.74) is 5.75. The monoisotopic (exact) mass is 224 g/mol. The van der Waals surface area contributed by atoms with Crippen molar-refractivity contribution in [3.8, 4) is 0 Å². The van der Waals surface area contributed by atoms with Crippen LogP contribution >= 0.6 is 0 Å². The second kappa shape index (κ2) is 5.67. The molecule has 1 aliphatic heterocycles. The van der Waals surface area contributed by atoms with E-state index in [0.29, 0.717) is 18.4 Å². The molecule has 2 aliphatic rings. The van der Waals surface area contributed by atoms with Gasteiger partial charge in [-0.2, -0.15) is 0 Å². The molecular weight excluding hydrogens is 200 g/mol. The number of nitrogens with two attached hydrogens (primary N) is 1. The summed E-state index contributed by atoms with van der Waals surface area (Å²) < 4.78 is 0. The smallest absolute Gasteiger partial charge is 0.226 e. The predicted molar refractivity (Wildman–Crippen MR) is 64.9 cm³/mol. The SMILES string of the molecule is NCC1CCCC1C(=O)N1CCCCCC1. The first kappa shape index (κ1) is 11.9. The second-order valence-corrected chi connectivity index (χ2v) is 5.27. The molecule has 2 rings (SSSR count). The lowest BCUT2D eigenvalue weighted by Crippen LogP contribution is -2.39. The van der Waals surface area contributed by atoms with Crippen LogP contribution in [-0.4, -0.2) is 30.4 Å². The van der Waals surface area contributed by atoms with Crippen molar-refractivity contribution in [2.24, 2.45) is 17.6 Å². The van der Waals surface area contributed by atoms with Gasteiger partial charge in [0.25, 0.3) is 0 Å². The van der Waals surface area contributed by atoms with Crippen molar-refractivity contribution in [2.75, 3.05) is 19.6 Å². The molecule has 0 spiro atoms. The van der Waals surface area contributed by atoms with E-state index in [1.807, 2.05) is 0 Å². The van der Waals surface area contributed by atoms with Crippen molar-refractivity contribution in [1.82, 2.24) is 4.90 Å². The molecule has 1 aliphatic carbocycles. The highest BCUT2D eigenvalue weighted by Gasteiger charge is 2.34. The quantitative estimate of drug-likeness (QED) is 0.777. The molecule has 1 saturated carbocycles. The lowest BCUT2D eigenvalue weighted by atomic mass is 9.94. The Morgan fingerprint density at radius 2 is 1.75 bits per heavy atom. The zero-order chi connectivity index (χ0) is 11.4. The maximum atomic E-state index is 12.4. The summed E-state index contributed by atoms with van der Waals surface area (Å²) in [6, 6.07) is 0. The van der Waals surface area contributed by atoms with Crippen molar-refractivity contribution in [1.29, 1.82) is 0 Å². The van der Waals surface area contributed by atoms with E-state index in [1.165, 1.54) is 32.1 Å². The highest BCUT2D eigenvalue weighted by molar-refractivity contribution is 5.79. The number of hydrogen-bond acceptors (Lipinski definition) is 2. The third-order valence-corrected chi connectivity index (χ3v) is 4.20. The van der Waals surface area contributed by atoms with Crippen molar-refractivity contribution in [3.05, 3.63) is 0 Å². The summed E-state index contributed by atoms with van der Waals surface area (Å²) in [7, 11) is 0. The van der Waals surface area contributed by atoms with E-state index in [9.17, 15) is 4.79 Å². The fourth-order valence-electron chi connectivity index (χ4n) is 3.17. The molecule has 1 saturated heterocycles. The Labute approximate surface area is 98.4 Å². The van der Waals surface area contributed by atoms with Gasteiger partial charge in [0, 0.05) is 19.0 Å². The summed E-state index contributed by atoms with van der Waals surface area (Å²) in [4.78, 5) is 14.5. The fraction of sp³-hybridized carbons (Fsp3) is 0.923. The lowest BCUT2D eigenvalue weighted by molar-refractivity contribution is -0.136. The number of hydrogen-bond donors (Lipinski definition) is 1. The molecule has 2 atom stereocenters. The highest BCUT2D eigenvalue weighted by atomic mass is 16.2. The van der Waals surface area contributed by atoms with Crippen LogP contribution in [0.15, 0.2) is 0 Å². The normalized spacial score (nSPS) is 31.4. The van der Waals surface area contributed by atoms with Gasteiger partial charge in [0.1, 0.15) is 0 Å². The average molecular weight is 224 g/mol. The number of likely N-dealkylation sites (tertiary alicyclic amines) is 1. The van der Waals surface area contributed by atoms with Gasteiger partial charge in [-0.25, -0.2) is 0 Å². The molecule has 0 radical (unpaired) electrons. The zero-order valence-electron chi connectivity index (χ0n) is 10.2. The zero-order valence-corrected chi connectivity index (χ0v) is 10.2. The molecule has 1 amide bonds. The van der Waals surface area contributed by atoms with Crippen molar-refractivity contribution in [3.63, 3.8) is 0 Å². The molecule has 0 aromatic rings. The Morgan fingerprint density at radius 1 is 1.06 bits per heavy atom. The molecule has 2 unspecified atom stereocenters. The van der Waals surface area contributed by atoms with E-state index in [4.69, 9.17) is 5.73 Å². The fourth-order valence-corrected chi connectivity index (χ4v) is 3.17. The Bertz CT molecular complexity index is 234. The van der Waals surface area contributed by atoms with Gasteiger partial charge in [0.2, 0.25) is 5.91 Å². The summed E-state index contributed by atoms with van der Waals surface area (Å²) in [6.45, 7) is 2.64. The molecule has 0 bridgehead atoms. The van der Waals surface area contributed by atoms with Gasteiger partial charge in [0.15, 0.2) is 0 Å². The molecule has 92 valence electrons. The van der Waals surface area contributed by atoms with Crippen LogP contribution in [0.3, 0.4) is 0 Å². The lowest BCUT2D eigenvalue weighted by Gasteiger charge is -2.26. The minimum atomic E-state index is 0.239. The topological polar surface area (TPSA) is 46.3 Å². The van der Waals surface area contributed by atoms with Crippen LogP contribution in [0.25, 0.3) is 0 Å². The Morgan fingerprint density at radius 3 is 2.38 bits per heavy atom. The minimum Gasteiger partial charge on any atom is -0.342 e. The van der Waals surface area contributed by atoms with Crippen LogP contribution in [-0.2, 0) is 4.79 Å². The van der Waals surface area contributed by atoms with Crippen molar-refractivity contribution >= 4 is 5.91 Å². The van der Waals surface area contributed by atoms with Crippen LogP contribution in [0.1, 0.15) is 44.9 Å². The summed E-state index contributed by atoms with van der Waals surface area (Å²) in [6.07, 6.45) is 8.35. The number of nitrogens with zero attached hydrogens (tertiary/aromatic N) is 1. The van der Waals surface area contributed by atoms with E-state index in [-0.39, 0.29) is 5.92 Å². The first-order valence-electron chi connectivity index (χ1n) is 6.82. The molecule has 1 heterocycles. The number of rotatable bonds is 2. The summed E-state index contributed by atoms with van der Waals surface area (Å²) in [5.74, 6) is 1.09. The maximum absolute atomic E-state index is 12.4. The van der Waals surface area contributed by atoms with Gasteiger partial charge in [-0.15, -0.1) is 0 Å². The number of carbonyl (C=O) groups is 1. The number of carbonyl (C=O) groups excluding carboxylic acids is 1. The van der Waals surface area contributed by atoms with E-state index >= 15 is 0 Å². The van der Waals surface area contributed by atoms with E-state index in [1.54, 1.807) is 0 Å². The average Bonchev–Trinajstić information content (AvgIpc) is 2.61. The maximum Gasteiger partial charge on any atom is 0.226 e. The van der Waals surface area contributed by atoms with E-state index < -0.39 is 0 Å². The van der Waals surface area contributed by atoms with Gasteiger partial charge in [0.05, 0.1) is 0 Å². The molecule has 16 heavy (non-hydrogen) atoms. The second-order valence-electron chi connectivity index (χ2n) is 5.27. The van der Waals surface area contributed by atoms with Gasteiger partial charge in [-0.1, -0.05) is 19.3 Å². The van der Waals surface area contributed by atoms with Gasteiger partial charge < -0.3 is 10.6 Å². The van der Waals surface area contributed by atoms with Crippen LogP contribution in [0.5, 0.6) is 0 Å². The Kier molecular flexibility index (Phi) is 4.22. The van der Waals surface area contributed by atoms with Crippen LogP contribution in [0.4, 0.5) is 0 Å². The van der Waals surface area contributed by atoms with Crippen molar-refractivity contribution in [2.45, 2.75) is 44.9 Å². The summed E-state index contributed by atoms with van der Waals surface area (Å²) in [5, 5.41) is 0. The molecule has 2 fully saturated rings. The van der Waals surface area contributed by atoms with E-state index in [2.05, 4.69) is 4.90 Å². The third kappa shape index (κ3) is 2.57. The van der Waals surface area contributed by atoms with Gasteiger partial charge in [-0.05, 0) is 38.1 Å². The largest absolute Gasteiger partial charge is 0.342 e. The Hall–Kier alpha value is -0.570. The molecule has 0 aromatic heterocycles. The van der Waals surface area contributed by atoms with Gasteiger partial charge >= 0.3 is 0 Å². The van der Waals surface area contributed by atoms with E-state index in [0.717, 1.165) is 25.9 Å². The predicted octanol–water partition coefficient (Wildman–Crippen LogP) is 1.76. The summed E-state index contributed by atoms with van der Waals surface area (Å²) >= 11 is 0. The third-order valence-electron chi connectivity index (χ3n) is 4.20.